The molecule has 7 nitrogen and oxygen atoms in total. The van der Waals surface area contributed by atoms with Crippen LogP contribution in [-0.2, 0) is 0 Å². The first-order valence-corrected chi connectivity index (χ1v) is 9.59. The number of benzene rings is 2. The lowest BCUT2D eigenvalue weighted by Crippen LogP contribution is -2.19. The highest BCUT2D eigenvalue weighted by molar-refractivity contribution is 6.30. The molecule has 0 fully saturated rings. The van der Waals surface area contributed by atoms with Crippen LogP contribution in [0.2, 0.25) is 5.02 Å². The van der Waals surface area contributed by atoms with Gasteiger partial charge in [-0.3, -0.25) is 0 Å². The summed E-state index contributed by atoms with van der Waals surface area (Å²) in [4.78, 5) is 20.7. The molecule has 8 heteroatoms. The maximum absolute atomic E-state index is 12.1. The Morgan fingerprint density at radius 2 is 1.55 bits per heavy atom. The molecule has 0 saturated heterocycles. The number of hydrogen-bond acceptors (Lipinski definition) is 5. The minimum atomic E-state index is -0.336. The number of anilines is 4. The van der Waals surface area contributed by atoms with Gasteiger partial charge in [-0.2, -0.15) is 4.98 Å². The molecule has 3 N–H and O–H groups in total. The smallest absolute Gasteiger partial charge is 0.323 e. The third kappa shape index (κ3) is 6.36. The van der Waals surface area contributed by atoms with Gasteiger partial charge in [0.2, 0.25) is 5.88 Å². The minimum Gasteiger partial charge on any atom is -0.478 e. The molecule has 2 aromatic carbocycles. The molecular formula is C21H22ClN5O2. The van der Waals surface area contributed by atoms with E-state index in [0.29, 0.717) is 40.5 Å². The zero-order valence-electron chi connectivity index (χ0n) is 16.2. The van der Waals surface area contributed by atoms with Gasteiger partial charge in [-0.15, -0.1) is 0 Å². The lowest BCUT2D eigenvalue weighted by atomic mass is 10.2. The van der Waals surface area contributed by atoms with Gasteiger partial charge in [-0.1, -0.05) is 18.5 Å². The largest absolute Gasteiger partial charge is 0.478 e. The SMILES string of the molecule is CCCOc1cc(Nc2ccc(NC(=O)Nc3ccc(Cl)cc3)cc2)nc(C)n1. The van der Waals surface area contributed by atoms with Crippen LogP contribution in [0.25, 0.3) is 0 Å². The van der Waals surface area contributed by atoms with Crippen LogP contribution in [0.15, 0.2) is 54.6 Å². The van der Waals surface area contributed by atoms with Crippen molar-refractivity contribution in [3.63, 3.8) is 0 Å². The number of nitrogens with zero attached hydrogens (tertiary/aromatic N) is 2. The van der Waals surface area contributed by atoms with E-state index in [4.69, 9.17) is 16.3 Å². The summed E-state index contributed by atoms with van der Waals surface area (Å²) in [5, 5.41) is 9.36. The molecular weight excluding hydrogens is 390 g/mol. The Bertz CT molecular complexity index is 962. The zero-order chi connectivity index (χ0) is 20.6. The summed E-state index contributed by atoms with van der Waals surface area (Å²) in [7, 11) is 0. The zero-order valence-corrected chi connectivity index (χ0v) is 17.0. The van der Waals surface area contributed by atoms with Gasteiger partial charge in [0.15, 0.2) is 0 Å². The first-order valence-electron chi connectivity index (χ1n) is 9.21. The van der Waals surface area contributed by atoms with Gasteiger partial charge < -0.3 is 20.7 Å². The molecule has 3 aromatic rings. The summed E-state index contributed by atoms with van der Waals surface area (Å²) in [6, 6.07) is 15.6. The second-order valence-corrected chi connectivity index (χ2v) is 6.71. The molecule has 3 rings (SSSR count). The molecule has 0 aliphatic heterocycles. The fourth-order valence-electron chi connectivity index (χ4n) is 2.50. The van der Waals surface area contributed by atoms with Crippen LogP contribution in [0, 0.1) is 6.92 Å². The molecule has 2 amide bonds. The Morgan fingerprint density at radius 1 is 0.966 bits per heavy atom. The van der Waals surface area contributed by atoms with Crippen LogP contribution in [0.4, 0.5) is 27.7 Å². The average molecular weight is 412 g/mol. The fourth-order valence-corrected chi connectivity index (χ4v) is 2.62. The first kappa shape index (κ1) is 20.4. The number of halogens is 1. The molecule has 29 heavy (non-hydrogen) atoms. The summed E-state index contributed by atoms with van der Waals surface area (Å²) in [5.74, 6) is 1.81. The number of nitrogens with one attached hydrogen (secondary N) is 3. The highest BCUT2D eigenvalue weighted by Crippen LogP contribution is 2.21. The Hall–Kier alpha value is -3.32. The summed E-state index contributed by atoms with van der Waals surface area (Å²) in [6.07, 6.45) is 0.909. The molecule has 0 aliphatic carbocycles. The van der Waals surface area contributed by atoms with Crippen molar-refractivity contribution in [3.05, 3.63) is 65.4 Å². The standard InChI is InChI=1S/C21H22ClN5O2/c1-3-12-29-20-13-19(23-14(2)24-20)25-16-8-10-18(11-9-16)27-21(28)26-17-6-4-15(22)5-7-17/h4-11,13H,3,12H2,1-2H3,(H,23,24,25)(H2,26,27,28). The molecule has 1 aromatic heterocycles. The Balaban J connectivity index is 1.59. The highest BCUT2D eigenvalue weighted by atomic mass is 35.5. The van der Waals surface area contributed by atoms with Gasteiger partial charge in [0.1, 0.15) is 11.6 Å². The quantitative estimate of drug-likeness (QED) is 0.470. The summed E-state index contributed by atoms with van der Waals surface area (Å²) >= 11 is 5.84. The van der Waals surface area contributed by atoms with Crippen LogP contribution < -0.4 is 20.7 Å². The molecule has 1 heterocycles. The van der Waals surface area contributed by atoms with E-state index in [1.807, 2.05) is 26.0 Å². The van der Waals surface area contributed by atoms with E-state index in [1.54, 1.807) is 42.5 Å². The molecule has 0 radical (unpaired) electrons. The lowest BCUT2D eigenvalue weighted by Gasteiger charge is -2.11. The second-order valence-electron chi connectivity index (χ2n) is 6.28. The van der Waals surface area contributed by atoms with E-state index < -0.39 is 0 Å². The van der Waals surface area contributed by atoms with Gasteiger partial charge in [-0.25, -0.2) is 9.78 Å². The van der Waals surface area contributed by atoms with E-state index in [-0.39, 0.29) is 6.03 Å². The van der Waals surface area contributed by atoms with Crippen LogP contribution in [0.5, 0.6) is 5.88 Å². The van der Waals surface area contributed by atoms with E-state index >= 15 is 0 Å². The molecule has 0 aliphatic rings. The topological polar surface area (TPSA) is 88.2 Å². The molecule has 0 unspecified atom stereocenters. The molecule has 0 bridgehead atoms. The van der Waals surface area contributed by atoms with Crippen LogP contribution in [-0.4, -0.2) is 22.6 Å². The van der Waals surface area contributed by atoms with Gasteiger partial charge in [0.25, 0.3) is 0 Å². The number of aryl methyl sites for hydroxylation is 1. The van der Waals surface area contributed by atoms with Crippen molar-refractivity contribution in [2.75, 3.05) is 22.6 Å². The maximum atomic E-state index is 12.1. The third-order valence-electron chi connectivity index (χ3n) is 3.79. The first-order chi connectivity index (χ1) is 14.0. The van der Waals surface area contributed by atoms with Gasteiger partial charge in [0.05, 0.1) is 6.61 Å². The predicted molar refractivity (Wildman–Crippen MR) is 116 cm³/mol. The van der Waals surface area contributed by atoms with Crippen molar-refractivity contribution in [1.29, 1.82) is 0 Å². The number of carbonyl (C=O) groups is 1. The van der Waals surface area contributed by atoms with E-state index in [0.717, 1.165) is 12.1 Å². The van der Waals surface area contributed by atoms with Crippen molar-refractivity contribution >= 4 is 40.5 Å². The van der Waals surface area contributed by atoms with Crippen LogP contribution in [0.1, 0.15) is 19.2 Å². The summed E-state index contributed by atoms with van der Waals surface area (Å²) in [6.45, 7) is 4.46. The number of rotatable bonds is 7. The fraction of sp³-hybridized carbons (Fsp3) is 0.190. The number of hydrogen-bond donors (Lipinski definition) is 3. The van der Waals surface area contributed by atoms with Crippen LogP contribution >= 0.6 is 11.6 Å². The second kappa shape index (κ2) is 9.75. The van der Waals surface area contributed by atoms with Crippen molar-refractivity contribution in [2.45, 2.75) is 20.3 Å². The molecule has 150 valence electrons. The van der Waals surface area contributed by atoms with Crippen molar-refractivity contribution in [1.82, 2.24) is 9.97 Å². The Morgan fingerprint density at radius 3 is 2.17 bits per heavy atom. The monoisotopic (exact) mass is 411 g/mol. The van der Waals surface area contributed by atoms with Crippen molar-refractivity contribution < 1.29 is 9.53 Å². The van der Waals surface area contributed by atoms with Crippen molar-refractivity contribution in [2.24, 2.45) is 0 Å². The number of carbonyl (C=O) groups excluding carboxylic acids is 1. The average Bonchev–Trinajstić information content (AvgIpc) is 2.69. The normalized spacial score (nSPS) is 10.3. The third-order valence-corrected chi connectivity index (χ3v) is 4.04. The molecule has 0 spiro atoms. The Kier molecular flexibility index (Phi) is 6.86. The highest BCUT2D eigenvalue weighted by Gasteiger charge is 2.05. The van der Waals surface area contributed by atoms with Gasteiger partial charge in [-0.05, 0) is 61.9 Å². The minimum absolute atomic E-state index is 0.336. The van der Waals surface area contributed by atoms with E-state index in [1.165, 1.54) is 0 Å². The number of amides is 2. The van der Waals surface area contributed by atoms with Gasteiger partial charge >= 0.3 is 6.03 Å². The number of urea groups is 1. The van der Waals surface area contributed by atoms with Crippen molar-refractivity contribution in [3.8, 4) is 5.88 Å². The van der Waals surface area contributed by atoms with Crippen LogP contribution in [0.3, 0.4) is 0 Å². The lowest BCUT2D eigenvalue weighted by molar-refractivity contribution is 0.262. The number of ether oxygens (including phenoxy) is 1. The predicted octanol–water partition coefficient (Wildman–Crippen LogP) is 5.61. The molecule has 0 atom stereocenters. The maximum Gasteiger partial charge on any atom is 0.323 e. The number of aromatic nitrogens is 2. The van der Waals surface area contributed by atoms with E-state index in [2.05, 4.69) is 25.9 Å². The molecule has 0 saturated carbocycles. The Labute approximate surface area is 174 Å². The summed E-state index contributed by atoms with van der Waals surface area (Å²) in [5.41, 5.74) is 2.14. The van der Waals surface area contributed by atoms with Gasteiger partial charge in [0, 0.05) is 28.2 Å². The summed E-state index contributed by atoms with van der Waals surface area (Å²) < 4.78 is 5.58. The van der Waals surface area contributed by atoms with E-state index in [9.17, 15) is 4.79 Å².